The molecule has 0 aliphatic rings. The summed E-state index contributed by atoms with van der Waals surface area (Å²) in [5.74, 6) is 1.78. The molecule has 26 heavy (non-hydrogen) atoms. The minimum absolute atomic E-state index is 0.164. The van der Waals surface area contributed by atoms with E-state index in [1.165, 1.54) is 0 Å². The molecular weight excluding hydrogens is 334 g/mol. The van der Waals surface area contributed by atoms with E-state index in [0.29, 0.717) is 36.3 Å². The summed E-state index contributed by atoms with van der Waals surface area (Å²) in [6.45, 7) is 4.86. The predicted octanol–water partition coefficient (Wildman–Crippen LogP) is 3.79. The van der Waals surface area contributed by atoms with Gasteiger partial charge in [0.1, 0.15) is 5.82 Å². The smallest absolute Gasteiger partial charge is 0.279 e. The molecule has 0 atom stereocenters. The van der Waals surface area contributed by atoms with Crippen molar-refractivity contribution in [3.63, 3.8) is 0 Å². The average Bonchev–Trinajstić information content (AvgIpc) is 3.15. The van der Waals surface area contributed by atoms with Gasteiger partial charge in [-0.05, 0) is 44.2 Å². The normalized spacial score (nSPS) is 10.4. The summed E-state index contributed by atoms with van der Waals surface area (Å²) in [5.41, 5.74) is 0.902. The van der Waals surface area contributed by atoms with E-state index < -0.39 is 5.91 Å². The lowest BCUT2D eigenvalue weighted by Gasteiger charge is -2.11. The molecule has 0 spiro atoms. The molecule has 2 aromatic heterocycles. The highest BCUT2D eigenvalue weighted by atomic mass is 16.5. The third kappa shape index (κ3) is 4.00. The van der Waals surface area contributed by atoms with Crippen LogP contribution in [0.1, 0.15) is 24.3 Å². The first kappa shape index (κ1) is 17.5. The van der Waals surface area contributed by atoms with Gasteiger partial charge in [-0.15, -0.1) is 0 Å². The Morgan fingerprint density at radius 3 is 2.62 bits per heavy atom. The van der Waals surface area contributed by atoms with Crippen molar-refractivity contribution in [2.45, 2.75) is 13.8 Å². The first-order valence-electron chi connectivity index (χ1n) is 8.30. The molecule has 0 aliphatic carbocycles. The van der Waals surface area contributed by atoms with Crippen LogP contribution in [0.3, 0.4) is 0 Å². The fourth-order valence-electron chi connectivity index (χ4n) is 2.34. The lowest BCUT2D eigenvalue weighted by atomic mass is 10.1. The van der Waals surface area contributed by atoms with Gasteiger partial charge >= 0.3 is 0 Å². The summed E-state index contributed by atoms with van der Waals surface area (Å²) in [7, 11) is 0. The topological polar surface area (TPSA) is 86.5 Å². The number of carbonyl (C=O) groups excluding carboxylic acids is 1. The second-order valence-corrected chi connectivity index (χ2v) is 5.27. The summed E-state index contributed by atoms with van der Waals surface area (Å²) < 4.78 is 16.5. The number of hydrogen-bond donors (Lipinski definition) is 1. The van der Waals surface area contributed by atoms with Gasteiger partial charge in [0.15, 0.2) is 23.0 Å². The molecule has 134 valence electrons. The second-order valence-electron chi connectivity index (χ2n) is 5.27. The minimum Gasteiger partial charge on any atom is -0.490 e. The second kappa shape index (κ2) is 8.15. The van der Waals surface area contributed by atoms with Gasteiger partial charge in [-0.1, -0.05) is 11.2 Å². The van der Waals surface area contributed by atoms with E-state index in [4.69, 9.17) is 14.0 Å². The molecule has 1 amide bonds. The van der Waals surface area contributed by atoms with Crippen LogP contribution in [0.25, 0.3) is 11.3 Å². The van der Waals surface area contributed by atoms with Crippen molar-refractivity contribution in [2.75, 3.05) is 18.5 Å². The number of carbonyl (C=O) groups is 1. The van der Waals surface area contributed by atoms with E-state index in [1.807, 2.05) is 19.9 Å². The van der Waals surface area contributed by atoms with Crippen LogP contribution in [0.5, 0.6) is 11.5 Å². The highest BCUT2D eigenvalue weighted by molar-refractivity contribution is 6.02. The van der Waals surface area contributed by atoms with Crippen LogP contribution in [0, 0.1) is 0 Å². The van der Waals surface area contributed by atoms with Gasteiger partial charge in [0, 0.05) is 17.8 Å². The quantitative estimate of drug-likeness (QED) is 0.695. The van der Waals surface area contributed by atoms with Gasteiger partial charge in [-0.25, -0.2) is 4.98 Å². The standard InChI is InChI=1S/C19H19N3O4/c1-3-24-15-9-8-13(11-17(15)25-4-2)16-12-14(22-26-16)19(23)21-18-7-5-6-10-20-18/h5-12H,3-4H2,1-2H3,(H,20,21,23). The molecule has 0 fully saturated rings. The molecule has 3 rings (SSSR count). The van der Waals surface area contributed by atoms with Crippen LogP contribution in [0.2, 0.25) is 0 Å². The molecular formula is C19H19N3O4. The molecule has 2 heterocycles. The number of ether oxygens (including phenoxy) is 2. The Hall–Kier alpha value is -3.35. The maximum Gasteiger partial charge on any atom is 0.279 e. The SMILES string of the molecule is CCOc1ccc(-c2cc(C(=O)Nc3ccccn3)no2)cc1OCC. The summed E-state index contributed by atoms with van der Waals surface area (Å²) >= 11 is 0. The number of hydrogen-bond acceptors (Lipinski definition) is 6. The number of benzene rings is 1. The molecule has 7 nitrogen and oxygen atoms in total. The lowest BCUT2D eigenvalue weighted by Crippen LogP contribution is -2.12. The molecule has 0 saturated heterocycles. The molecule has 7 heteroatoms. The third-order valence-corrected chi connectivity index (χ3v) is 3.48. The van der Waals surface area contributed by atoms with Crippen molar-refractivity contribution in [1.82, 2.24) is 10.1 Å². The van der Waals surface area contributed by atoms with E-state index in [0.717, 1.165) is 5.56 Å². The fourth-order valence-corrected chi connectivity index (χ4v) is 2.34. The number of nitrogens with zero attached hydrogens (tertiary/aromatic N) is 2. The van der Waals surface area contributed by atoms with Crippen molar-refractivity contribution in [1.29, 1.82) is 0 Å². The van der Waals surface area contributed by atoms with Gasteiger partial charge in [-0.3, -0.25) is 4.79 Å². The molecule has 0 radical (unpaired) electrons. The summed E-state index contributed by atoms with van der Waals surface area (Å²) in [4.78, 5) is 16.3. The Bertz CT molecular complexity index is 878. The Balaban J connectivity index is 1.80. The monoisotopic (exact) mass is 353 g/mol. The molecule has 0 aliphatic heterocycles. The molecule has 0 bridgehead atoms. The zero-order valence-corrected chi connectivity index (χ0v) is 14.6. The summed E-state index contributed by atoms with van der Waals surface area (Å²) in [6, 6.07) is 12.3. The number of aromatic nitrogens is 2. The number of pyridine rings is 1. The number of rotatable bonds is 7. The van der Waals surface area contributed by atoms with Gasteiger partial charge in [0.25, 0.3) is 5.91 Å². The largest absolute Gasteiger partial charge is 0.490 e. The lowest BCUT2D eigenvalue weighted by molar-refractivity contribution is 0.101. The average molecular weight is 353 g/mol. The molecule has 0 saturated carbocycles. The molecule has 1 N–H and O–H groups in total. The maximum atomic E-state index is 12.2. The maximum absolute atomic E-state index is 12.2. The van der Waals surface area contributed by atoms with E-state index in [2.05, 4.69) is 15.5 Å². The Morgan fingerprint density at radius 2 is 1.88 bits per heavy atom. The van der Waals surface area contributed by atoms with E-state index in [1.54, 1.807) is 42.6 Å². The minimum atomic E-state index is -0.394. The van der Waals surface area contributed by atoms with E-state index >= 15 is 0 Å². The van der Waals surface area contributed by atoms with E-state index in [9.17, 15) is 4.79 Å². The Labute approximate surface area is 150 Å². The van der Waals surface area contributed by atoms with E-state index in [-0.39, 0.29) is 5.69 Å². The van der Waals surface area contributed by atoms with Crippen molar-refractivity contribution < 1.29 is 18.8 Å². The van der Waals surface area contributed by atoms with Gasteiger partial charge in [0.2, 0.25) is 0 Å². The fraction of sp³-hybridized carbons (Fsp3) is 0.211. The van der Waals surface area contributed by atoms with Gasteiger partial charge in [0.05, 0.1) is 13.2 Å². The first-order chi connectivity index (χ1) is 12.7. The van der Waals surface area contributed by atoms with Crippen LogP contribution in [0.4, 0.5) is 5.82 Å². The first-order valence-corrected chi connectivity index (χ1v) is 8.30. The highest BCUT2D eigenvalue weighted by Gasteiger charge is 2.16. The van der Waals surface area contributed by atoms with Crippen LogP contribution in [-0.4, -0.2) is 29.3 Å². The predicted molar refractivity (Wildman–Crippen MR) is 96.5 cm³/mol. The molecule has 3 aromatic rings. The number of nitrogens with one attached hydrogen (secondary N) is 1. The van der Waals surface area contributed by atoms with Crippen LogP contribution >= 0.6 is 0 Å². The number of amides is 1. The summed E-state index contributed by atoms with van der Waals surface area (Å²) in [5, 5.41) is 6.50. The van der Waals surface area contributed by atoms with Gasteiger partial charge in [-0.2, -0.15) is 0 Å². The Kier molecular flexibility index (Phi) is 5.48. The van der Waals surface area contributed by atoms with Crippen molar-refractivity contribution in [3.05, 3.63) is 54.4 Å². The van der Waals surface area contributed by atoms with Crippen molar-refractivity contribution in [2.24, 2.45) is 0 Å². The third-order valence-electron chi connectivity index (χ3n) is 3.48. The molecule has 0 unspecified atom stereocenters. The highest BCUT2D eigenvalue weighted by Crippen LogP contribution is 2.33. The zero-order chi connectivity index (χ0) is 18.4. The molecule has 1 aromatic carbocycles. The van der Waals surface area contributed by atoms with Crippen LogP contribution < -0.4 is 14.8 Å². The van der Waals surface area contributed by atoms with Crippen molar-refractivity contribution >= 4 is 11.7 Å². The van der Waals surface area contributed by atoms with Crippen LogP contribution in [-0.2, 0) is 0 Å². The van der Waals surface area contributed by atoms with Gasteiger partial charge < -0.3 is 19.3 Å². The van der Waals surface area contributed by atoms with Crippen molar-refractivity contribution in [3.8, 4) is 22.8 Å². The van der Waals surface area contributed by atoms with Crippen LogP contribution in [0.15, 0.2) is 53.2 Å². The number of anilines is 1. The zero-order valence-electron chi connectivity index (χ0n) is 14.6. The Morgan fingerprint density at radius 1 is 1.08 bits per heavy atom. The summed E-state index contributed by atoms with van der Waals surface area (Å²) in [6.07, 6.45) is 1.60.